The lowest BCUT2D eigenvalue weighted by atomic mass is 9.84. The van der Waals surface area contributed by atoms with Gasteiger partial charge in [-0.3, -0.25) is 9.78 Å². The van der Waals surface area contributed by atoms with Crippen LogP contribution in [0, 0.1) is 12.8 Å². The fourth-order valence-corrected chi connectivity index (χ4v) is 1.95. The summed E-state index contributed by atoms with van der Waals surface area (Å²) in [6.07, 6.45) is 3.41. The van der Waals surface area contributed by atoms with Crippen molar-refractivity contribution in [3.8, 4) is 0 Å². The number of hydrogen-bond acceptors (Lipinski definition) is 2. The Morgan fingerprint density at radius 3 is 2.62 bits per heavy atom. The van der Waals surface area contributed by atoms with Crippen LogP contribution in [0.25, 0.3) is 0 Å². The van der Waals surface area contributed by atoms with Crippen LogP contribution in [-0.4, -0.2) is 16.1 Å². The summed E-state index contributed by atoms with van der Waals surface area (Å²) >= 11 is 5.99. The van der Waals surface area contributed by atoms with Crippen LogP contribution in [0.2, 0.25) is 5.02 Å². The molecule has 0 spiro atoms. The Bertz CT molecular complexity index is 391. The molecular weight excluding hydrogens is 226 g/mol. The minimum Gasteiger partial charge on any atom is -0.481 e. The van der Waals surface area contributed by atoms with E-state index < -0.39 is 5.97 Å². The maximum absolute atomic E-state index is 10.8. The first-order valence-electron chi connectivity index (χ1n) is 5.25. The fraction of sp³-hybridized carbons (Fsp3) is 0.500. The summed E-state index contributed by atoms with van der Waals surface area (Å²) in [6, 6.07) is 0. The second-order valence-corrected chi connectivity index (χ2v) is 4.69. The summed E-state index contributed by atoms with van der Waals surface area (Å²) in [4.78, 5) is 14.9. The van der Waals surface area contributed by atoms with Gasteiger partial charge in [-0.05, 0) is 29.9 Å². The van der Waals surface area contributed by atoms with Crippen LogP contribution in [0.15, 0.2) is 12.4 Å². The molecule has 0 fully saturated rings. The molecule has 1 atom stereocenters. The smallest absolute Gasteiger partial charge is 0.303 e. The first-order chi connectivity index (χ1) is 7.43. The number of carboxylic acids is 1. The zero-order valence-corrected chi connectivity index (χ0v) is 10.5. The summed E-state index contributed by atoms with van der Waals surface area (Å²) < 4.78 is 0. The molecule has 0 saturated carbocycles. The summed E-state index contributed by atoms with van der Waals surface area (Å²) in [5.41, 5.74) is 1.86. The highest BCUT2D eigenvalue weighted by Crippen LogP contribution is 2.32. The Hall–Kier alpha value is -1.09. The van der Waals surface area contributed by atoms with Gasteiger partial charge in [0.15, 0.2) is 0 Å². The van der Waals surface area contributed by atoms with E-state index in [0.29, 0.717) is 5.02 Å². The predicted octanol–water partition coefficient (Wildman–Crippen LogP) is 3.26. The van der Waals surface area contributed by atoms with Gasteiger partial charge in [0.2, 0.25) is 0 Å². The van der Waals surface area contributed by atoms with E-state index in [2.05, 4.69) is 4.98 Å². The molecular formula is C12H16ClNO2. The Labute approximate surface area is 100 Å². The van der Waals surface area contributed by atoms with E-state index in [0.717, 1.165) is 11.1 Å². The van der Waals surface area contributed by atoms with Crippen molar-refractivity contribution in [1.82, 2.24) is 4.98 Å². The number of pyridine rings is 1. The van der Waals surface area contributed by atoms with E-state index in [9.17, 15) is 4.79 Å². The van der Waals surface area contributed by atoms with E-state index in [1.807, 2.05) is 20.8 Å². The lowest BCUT2D eigenvalue weighted by Gasteiger charge is -2.21. The quantitative estimate of drug-likeness (QED) is 0.880. The molecule has 0 aromatic carbocycles. The van der Waals surface area contributed by atoms with Crippen LogP contribution in [0.1, 0.15) is 37.3 Å². The second-order valence-electron chi connectivity index (χ2n) is 4.28. The molecule has 1 aromatic rings. The zero-order valence-electron chi connectivity index (χ0n) is 9.70. The van der Waals surface area contributed by atoms with Crippen molar-refractivity contribution in [3.63, 3.8) is 0 Å². The van der Waals surface area contributed by atoms with E-state index >= 15 is 0 Å². The van der Waals surface area contributed by atoms with Crippen molar-refractivity contribution in [2.24, 2.45) is 5.92 Å². The monoisotopic (exact) mass is 241 g/mol. The number of halogens is 1. The van der Waals surface area contributed by atoms with Crippen LogP contribution in [0.4, 0.5) is 0 Å². The topological polar surface area (TPSA) is 50.2 Å². The van der Waals surface area contributed by atoms with Crippen molar-refractivity contribution < 1.29 is 9.90 Å². The highest BCUT2D eigenvalue weighted by molar-refractivity contribution is 6.31. The van der Waals surface area contributed by atoms with Gasteiger partial charge >= 0.3 is 5.97 Å². The van der Waals surface area contributed by atoms with E-state index in [1.165, 1.54) is 0 Å². The molecule has 4 heteroatoms. The minimum absolute atomic E-state index is 0.0382. The normalized spacial score (nSPS) is 12.8. The second kappa shape index (κ2) is 5.30. The average Bonchev–Trinajstić information content (AvgIpc) is 2.18. The molecule has 88 valence electrons. The molecule has 0 saturated heterocycles. The molecule has 16 heavy (non-hydrogen) atoms. The Balaban J connectivity index is 3.10. The van der Waals surface area contributed by atoms with Crippen molar-refractivity contribution >= 4 is 17.6 Å². The Kier molecular flexibility index (Phi) is 4.30. The molecule has 1 N–H and O–H groups in total. The molecule has 1 heterocycles. The van der Waals surface area contributed by atoms with Gasteiger partial charge < -0.3 is 5.11 Å². The van der Waals surface area contributed by atoms with Gasteiger partial charge in [-0.25, -0.2) is 0 Å². The Morgan fingerprint density at radius 2 is 2.12 bits per heavy atom. The van der Waals surface area contributed by atoms with Crippen molar-refractivity contribution in [1.29, 1.82) is 0 Å². The van der Waals surface area contributed by atoms with E-state index in [1.54, 1.807) is 12.4 Å². The molecule has 0 bridgehead atoms. The van der Waals surface area contributed by atoms with Crippen molar-refractivity contribution in [3.05, 3.63) is 28.5 Å². The Morgan fingerprint density at radius 1 is 1.50 bits per heavy atom. The average molecular weight is 242 g/mol. The molecule has 0 radical (unpaired) electrons. The van der Waals surface area contributed by atoms with Gasteiger partial charge in [-0.1, -0.05) is 25.4 Å². The van der Waals surface area contributed by atoms with Crippen LogP contribution in [0.5, 0.6) is 0 Å². The van der Waals surface area contributed by atoms with Gasteiger partial charge in [0.1, 0.15) is 0 Å². The lowest BCUT2D eigenvalue weighted by Crippen LogP contribution is -2.13. The van der Waals surface area contributed by atoms with Crippen molar-refractivity contribution in [2.75, 3.05) is 0 Å². The predicted molar refractivity (Wildman–Crippen MR) is 63.8 cm³/mol. The third-order valence-electron chi connectivity index (χ3n) is 2.79. The van der Waals surface area contributed by atoms with Crippen LogP contribution in [-0.2, 0) is 4.79 Å². The van der Waals surface area contributed by atoms with Gasteiger partial charge in [-0.2, -0.15) is 0 Å². The van der Waals surface area contributed by atoms with Gasteiger partial charge in [0, 0.05) is 12.4 Å². The highest BCUT2D eigenvalue weighted by atomic mass is 35.5. The number of hydrogen-bond donors (Lipinski definition) is 1. The SMILES string of the molecule is Cc1c(Cl)cncc1C(CC(=O)O)C(C)C. The number of rotatable bonds is 4. The van der Waals surface area contributed by atoms with Gasteiger partial charge in [0.25, 0.3) is 0 Å². The molecule has 1 unspecified atom stereocenters. The fourth-order valence-electron chi connectivity index (χ4n) is 1.78. The standard InChI is InChI=1S/C12H16ClNO2/c1-7(2)9(4-12(15)16)10-5-14-6-11(13)8(10)3/h5-7,9H,4H2,1-3H3,(H,15,16). The van der Waals surface area contributed by atoms with Gasteiger partial charge in [-0.15, -0.1) is 0 Å². The molecule has 0 amide bonds. The maximum Gasteiger partial charge on any atom is 0.303 e. The molecule has 0 aliphatic rings. The van der Waals surface area contributed by atoms with Gasteiger partial charge in [0.05, 0.1) is 11.4 Å². The molecule has 1 rings (SSSR count). The van der Waals surface area contributed by atoms with Crippen LogP contribution < -0.4 is 0 Å². The van der Waals surface area contributed by atoms with E-state index in [-0.39, 0.29) is 18.3 Å². The number of nitrogens with zero attached hydrogens (tertiary/aromatic N) is 1. The maximum atomic E-state index is 10.8. The van der Waals surface area contributed by atoms with Crippen molar-refractivity contribution in [2.45, 2.75) is 33.1 Å². The zero-order chi connectivity index (χ0) is 12.3. The molecule has 0 aliphatic carbocycles. The third kappa shape index (κ3) is 2.95. The summed E-state index contributed by atoms with van der Waals surface area (Å²) in [6.45, 7) is 5.92. The minimum atomic E-state index is -0.793. The third-order valence-corrected chi connectivity index (χ3v) is 3.17. The van der Waals surface area contributed by atoms with Crippen LogP contribution >= 0.6 is 11.6 Å². The number of aromatic nitrogens is 1. The first kappa shape index (κ1) is 13.0. The van der Waals surface area contributed by atoms with Crippen LogP contribution in [0.3, 0.4) is 0 Å². The summed E-state index contributed by atoms with van der Waals surface area (Å²) in [5, 5.41) is 9.49. The molecule has 0 aliphatic heterocycles. The molecule has 1 aromatic heterocycles. The lowest BCUT2D eigenvalue weighted by molar-refractivity contribution is -0.137. The number of carboxylic acid groups (broad SMARTS) is 1. The summed E-state index contributed by atoms with van der Waals surface area (Å²) in [5.74, 6) is -0.586. The van der Waals surface area contributed by atoms with E-state index in [4.69, 9.17) is 16.7 Å². The summed E-state index contributed by atoms with van der Waals surface area (Å²) in [7, 11) is 0. The number of carbonyl (C=O) groups is 1. The first-order valence-corrected chi connectivity index (χ1v) is 5.63. The highest BCUT2D eigenvalue weighted by Gasteiger charge is 2.21. The number of aliphatic carboxylic acids is 1. The molecule has 3 nitrogen and oxygen atoms in total. The largest absolute Gasteiger partial charge is 0.481 e.